The fourth-order valence-corrected chi connectivity index (χ4v) is 3.38. The first-order valence-electron chi connectivity index (χ1n) is 9.18. The van der Waals surface area contributed by atoms with Crippen molar-refractivity contribution in [2.75, 3.05) is 17.2 Å². The number of amides is 1. The van der Waals surface area contributed by atoms with Crippen molar-refractivity contribution in [3.8, 4) is 5.75 Å². The third-order valence-corrected chi connectivity index (χ3v) is 5.39. The van der Waals surface area contributed by atoms with E-state index in [4.69, 9.17) is 16.3 Å². The summed E-state index contributed by atoms with van der Waals surface area (Å²) in [5, 5.41) is 6.78. The first-order chi connectivity index (χ1) is 13.9. The summed E-state index contributed by atoms with van der Waals surface area (Å²) in [5.74, 6) is 0.364. The lowest BCUT2D eigenvalue weighted by atomic mass is 10.2. The molecule has 0 heterocycles. The summed E-state index contributed by atoms with van der Waals surface area (Å²) in [6, 6.07) is 19.5. The maximum atomic E-state index is 12.1. The van der Waals surface area contributed by atoms with E-state index in [1.54, 1.807) is 6.07 Å². The highest BCUT2D eigenvalue weighted by Gasteiger charge is 2.08. The van der Waals surface area contributed by atoms with Crippen LogP contribution in [0.3, 0.4) is 0 Å². The predicted molar refractivity (Wildman–Crippen MR) is 123 cm³/mol. The lowest BCUT2D eigenvalue weighted by Gasteiger charge is -2.12. The lowest BCUT2D eigenvalue weighted by molar-refractivity contribution is -0.118. The van der Waals surface area contributed by atoms with Gasteiger partial charge in [0.1, 0.15) is 5.75 Å². The lowest BCUT2D eigenvalue weighted by Crippen LogP contribution is -2.20. The molecule has 0 bridgehead atoms. The number of aryl methyl sites for hydroxylation is 2. The Morgan fingerprint density at radius 1 is 1.00 bits per heavy atom. The van der Waals surface area contributed by atoms with Gasteiger partial charge in [-0.15, -0.1) is 0 Å². The maximum absolute atomic E-state index is 12.1. The summed E-state index contributed by atoms with van der Waals surface area (Å²) in [6.45, 7) is 4.58. The first-order valence-corrected chi connectivity index (χ1v) is 10.4. The minimum atomic E-state index is -0.248. The fourth-order valence-electron chi connectivity index (χ4n) is 2.66. The molecule has 6 heteroatoms. The number of nitrogens with one attached hydrogen (secondary N) is 2. The van der Waals surface area contributed by atoms with Crippen molar-refractivity contribution in [2.24, 2.45) is 0 Å². The zero-order valence-corrected chi connectivity index (χ0v) is 18.6. The molecule has 0 atom stereocenters. The maximum Gasteiger partial charge on any atom is 0.262 e. The number of rotatable bonds is 7. The van der Waals surface area contributed by atoms with Crippen LogP contribution in [-0.2, 0) is 11.3 Å². The van der Waals surface area contributed by atoms with E-state index in [-0.39, 0.29) is 12.5 Å². The van der Waals surface area contributed by atoms with Crippen LogP contribution in [0.25, 0.3) is 0 Å². The molecule has 29 heavy (non-hydrogen) atoms. The molecule has 2 N–H and O–H groups in total. The molecule has 1 amide bonds. The molecule has 0 fully saturated rings. The first kappa shape index (κ1) is 21.2. The molecule has 150 valence electrons. The largest absolute Gasteiger partial charge is 0.483 e. The molecule has 0 aromatic heterocycles. The van der Waals surface area contributed by atoms with Crippen LogP contribution in [-0.4, -0.2) is 12.5 Å². The van der Waals surface area contributed by atoms with Gasteiger partial charge in [-0.2, -0.15) is 0 Å². The van der Waals surface area contributed by atoms with E-state index < -0.39 is 0 Å². The Kier molecular flexibility index (Phi) is 7.18. The highest BCUT2D eigenvalue weighted by molar-refractivity contribution is 9.10. The molecular weight excluding hydrogens is 452 g/mol. The van der Waals surface area contributed by atoms with Gasteiger partial charge in [-0.05, 0) is 77.3 Å². The Morgan fingerprint density at radius 3 is 2.41 bits per heavy atom. The van der Waals surface area contributed by atoms with Crippen molar-refractivity contribution in [2.45, 2.75) is 20.4 Å². The Bertz CT molecular complexity index is 1010. The summed E-state index contributed by atoms with van der Waals surface area (Å²) in [7, 11) is 0. The molecule has 0 saturated carbocycles. The number of carbonyl (C=O) groups is 1. The van der Waals surface area contributed by atoms with Crippen LogP contribution < -0.4 is 15.4 Å². The summed E-state index contributed by atoms with van der Waals surface area (Å²) < 4.78 is 6.44. The molecule has 0 radical (unpaired) electrons. The van der Waals surface area contributed by atoms with Gasteiger partial charge in [-0.3, -0.25) is 4.79 Å². The SMILES string of the molecule is Cc1ccc(NCc2ccc(OCC(=O)Nc3ccc(C)c(Cl)c3)c(Br)c2)cc1. The van der Waals surface area contributed by atoms with Gasteiger partial charge in [-0.25, -0.2) is 0 Å². The Balaban J connectivity index is 1.52. The highest BCUT2D eigenvalue weighted by Crippen LogP contribution is 2.27. The van der Waals surface area contributed by atoms with Gasteiger partial charge in [0.05, 0.1) is 4.47 Å². The van der Waals surface area contributed by atoms with E-state index in [2.05, 4.69) is 57.8 Å². The van der Waals surface area contributed by atoms with Crippen LogP contribution in [0.5, 0.6) is 5.75 Å². The summed E-state index contributed by atoms with van der Waals surface area (Å²) in [4.78, 5) is 12.1. The molecule has 0 unspecified atom stereocenters. The number of halogens is 2. The molecule has 0 saturated heterocycles. The van der Waals surface area contributed by atoms with Crippen LogP contribution >= 0.6 is 27.5 Å². The van der Waals surface area contributed by atoms with Crippen LogP contribution in [0, 0.1) is 13.8 Å². The van der Waals surface area contributed by atoms with Gasteiger partial charge in [-0.1, -0.05) is 41.4 Å². The molecule has 3 rings (SSSR count). The normalized spacial score (nSPS) is 10.5. The van der Waals surface area contributed by atoms with E-state index in [0.717, 1.165) is 21.3 Å². The van der Waals surface area contributed by atoms with Gasteiger partial charge < -0.3 is 15.4 Å². The van der Waals surface area contributed by atoms with E-state index >= 15 is 0 Å². The molecule has 3 aromatic rings. The predicted octanol–water partition coefficient (Wildman–Crippen LogP) is 6.35. The Labute approximate surface area is 184 Å². The summed E-state index contributed by atoms with van der Waals surface area (Å²) >= 11 is 9.60. The van der Waals surface area contributed by atoms with Crippen molar-refractivity contribution < 1.29 is 9.53 Å². The van der Waals surface area contributed by atoms with Crippen molar-refractivity contribution >= 4 is 44.8 Å². The van der Waals surface area contributed by atoms with Crippen LogP contribution in [0.15, 0.2) is 65.1 Å². The van der Waals surface area contributed by atoms with Crippen molar-refractivity contribution in [3.63, 3.8) is 0 Å². The Hall–Kier alpha value is -2.50. The quantitative estimate of drug-likeness (QED) is 0.420. The minimum Gasteiger partial charge on any atom is -0.483 e. The third-order valence-electron chi connectivity index (χ3n) is 4.36. The average molecular weight is 474 g/mol. The molecule has 4 nitrogen and oxygen atoms in total. The smallest absolute Gasteiger partial charge is 0.262 e. The zero-order valence-electron chi connectivity index (χ0n) is 16.3. The summed E-state index contributed by atoms with van der Waals surface area (Å²) in [5.41, 5.74) is 5.00. The van der Waals surface area contributed by atoms with E-state index in [0.29, 0.717) is 23.0 Å². The van der Waals surface area contributed by atoms with Crippen molar-refractivity contribution in [3.05, 3.63) is 86.8 Å². The molecular formula is C23H22BrClN2O2. The average Bonchev–Trinajstić information content (AvgIpc) is 2.69. The second-order valence-corrected chi connectivity index (χ2v) is 8.05. The zero-order chi connectivity index (χ0) is 20.8. The van der Waals surface area contributed by atoms with E-state index in [1.807, 2.05) is 37.3 Å². The number of hydrogen-bond donors (Lipinski definition) is 2. The van der Waals surface area contributed by atoms with E-state index in [9.17, 15) is 4.79 Å². The second-order valence-electron chi connectivity index (χ2n) is 6.79. The molecule has 0 aliphatic rings. The number of hydrogen-bond acceptors (Lipinski definition) is 3. The standard InChI is InChI=1S/C23H22BrClN2O2/c1-15-3-7-18(8-4-15)26-13-17-6-10-22(20(24)11-17)29-14-23(28)27-19-9-5-16(2)21(25)12-19/h3-12,26H,13-14H2,1-2H3,(H,27,28). The number of ether oxygens (including phenoxy) is 1. The van der Waals surface area contributed by atoms with Crippen molar-refractivity contribution in [1.29, 1.82) is 0 Å². The molecule has 0 spiro atoms. The molecule has 0 aliphatic heterocycles. The van der Waals surface area contributed by atoms with Crippen LogP contribution in [0.4, 0.5) is 11.4 Å². The number of anilines is 2. The fraction of sp³-hybridized carbons (Fsp3) is 0.174. The monoisotopic (exact) mass is 472 g/mol. The van der Waals surface area contributed by atoms with Crippen LogP contribution in [0.1, 0.15) is 16.7 Å². The number of carbonyl (C=O) groups excluding carboxylic acids is 1. The van der Waals surface area contributed by atoms with Gasteiger partial charge in [0.25, 0.3) is 5.91 Å². The van der Waals surface area contributed by atoms with Gasteiger partial charge in [0, 0.05) is 22.9 Å². The number of benzene rings is 3. The van der Waals surface area contributed by atoms with Gasteiger partial charge in [0.2, 0.25) is 0 Å². The third kappa shape index (κ3) is 6.24. The van der Waals surface area contributed by atoms with Gasteiger partial charge in [0.15, 0.2) is 6.61 Å². The minimum absolute atomic E-state index is 0.0922. The topological polar surface area (TPSA) is 50.4 Å². The van der Waals surface area contributed by atoms with Crippen LogP contribution in [0.2, 0.25) is 5.02 Å². The second kappa shape index (κ2) is 9.81. The molecule has 3 aromatic carbocycles. The highest BCUT2D eigenvalue weighted by atomic mass is 79.9. The summed E-state index contributed by atoms with van der Waals surface area (Å²) in [6.07, 6.45) is 0. The Morgan fingerprint density at radius 2 is 1.72 bits per heavy atom. The van der Waals surface area contributed by atoms with Gasteiger partial charge >= 0.3 is 0 Å². The van der Waals surface area contributed by atoms with E-state index in [1.165, 1.54) is 5.56 Å². The van der Waals surface area contributed by atoms with Crippen molar-refractivity contribution in [1.82, 2.24) is 0 Å². The molecule has 0 aliphatic carbocycles.